The first-order chi connectivity index (χ1) is 15.0. The third-order valence-corrected chi connectivity index (χ3v) is 6.44. The first-order valence-electron chi connectivity index (χ1n) is 13.2. The lowest BCUT2D eigenvalue weighted by Crippen LogP contribution is -2.22. The van der Waals surface area contributed by atoms with Crippen LogP contribution in [-0.2, 0) is 12.1 Å². The molecule has 1 N–H and O–H groups in total. The van der Waals surface area contributed by atoms with E-state index in [9.17, 15) is 5.11 Å². The molecule has 0 aliphatic heterocycles. The normalized spacial score (nSPS) is 12.1. The van der Waals surface area contributed by atoms with Crippen molar-refractivity contribution in [3.8, 4) is 0 Å². The van der Waals surface area contributed by atoms with Gasteiger partial charge >= 0.3 is 0 Å². The molecular formula is C28H48N2O. The minimum absolute atomic E-state index is 0.787. The molecule has 1 aromatic heterocycles. The van der Waals surface area contributed by atoms with Gasteiger partial charge in [-0.15, -0.1) is 0 Å². The zero-order valence-corrected chi connectivity index (χ0v) is 20.7. The third-order valence-electron chi connectivity index (χ3n) is 6.44. The van der Waals surface area contributed by atoms with E-state index in [1.807, 2.05) is 26.0 Å². The molecule has 0 spiro atoms. The summed E-state index contributed by atoms with van der Waals surface area (Å²) in [5, 5.41) is 10.5. The Labute approximate surface area is 191 Å². The number of hydrogen-bond acceptors (Lipinski definition) is 2. The lowest BCUT2D eigenvalue weighted by Gasteiger charge is -2.19. The van der Waals surface area contributed by atoms with Gasteiger partial charge < -0.3 is 9.67 Å². The molecule has 0 fully saturated rings. The number of aryl methyl sites for hydroxylation is 1. The van der Waals surface area contributed by atoms with Gasteiger partial charge in [0.15, 0.2) is 0 Å². The second-order valence-electron chi connectivity index (χ2n) is 9.94. The van der Waals surface area contributed by atoms with Crippen molar-refractivity contribution in [1.29, 1.82) is 0 Å². The van der Waals surface area contributed by atoms with Gasteiger partial charge in [-0.25, -0.2) is 4.98 Å². The summed E-state index contributed by atoms with van der Waals surface area (Å²) in [5.41, 5.74) is 1.21. The highest BCUT2D eigenvalue weighted by atomic mass is 16.3. The van der Waals surface area contributed by atoms with E-state index in [0.29, 0.717) is 0 Å². The number of fused-ring (bicyclic) bond motifs is 1. The van der Waals surface area contributed by atoms with E-state index in [1.54, 1.807) is 0 Å². The number of aliphatic hydroxyl groups is 1. The summed E-state index contributed by atoms with van der Waals surface area (Å²) in [5.74, 6) is 0.787. The number of hydrogen-bond donors (Lipinski definition) is 1. The van der Waals surface area contributed by atoms with Crippen molar-refractivity contribution < 1.29 is 5.11 Å². The molecule has 0 saturated carbocycles. The van der Waals surface area contributed by atoms with Crippen LogP contribution < -0.4 is 0 Å². The second kappa shape index (κ2) is 14.7. The number of nitrogens with zero attached hydrogens (tertiary/aromatic N) is 2. The van der Waals surface area contributed by atoms with Crippen molar-refractivity contribution in [2.45, 2.75) is 136 Å². The van der Waals surface area contributed by atoms with Crippen LogP contribution in [0.1, 0.15) is 129 Å². The molecule has 0 aliphatic rings. The molecule has 0 saturated heterocycles. The summed E-state index contributed by atoms with van der Waals surface area (Å²) in [6, 6.07) is 8.23. The summed E-state index contributed by atoms with van der Waals surface area (Å²) in [6.07, 6.45) is 22.2. The van der Waals surface area contributed by atoms with Crippen molar-refractivity contribution in [1.82, 2.24) is 9.55 Å². The van der Waals surface area contributed by atoms with E-state index in [2.05, 4.69) is 28.6 Å². The van der Waals surface area contributed by atoms with E-state index in [0.717, 1.165) is 29.8 Å². The number of aromatic nitrogens is 2. The SMILES string of the molecule is CCCCCCCCCCCCCCCCCCn1c(C(C)(C)O)nc2ccccc21. The van der Waals surface area contributed by atoms with Gasteiger partial charge in [0.2, 0.25) is 0 Å². The monoisotopic (exact) mass is 428 g/mol. The minimum Gasteiger partial charge on any atom is -0.383 e. The molecule has 0 amide bonds. The number of benzene rings is 1. The lowest BCUT2D eigenvalue weighted by atomic mass is 10.0. The topological polar surface area (TPSA) is 38.0 Å². The molecule has 0 atom stereocenters. The molecule has 176 valence electrons. The number of imidazole rings is 1. The first kappa shape index (κ1) is 25.9. The van der Waals surface area contributed by atoms with E-state index < -0.39 is 5.60 Å². The highest BCUT2D eigenvalue weighted by Crippen LogP contribution is 2.25. The summed E-state index contributed by atoms with van der Waals surface area (Å²) in [6.45, 7) is 6.90. The molecule has 31 heavy (non-hydrogen) atoms. The maximum absolute atomic E-state index is 10.5. The highest BCUT2D eigenvalue weighted by molar-refractivity contribution is 5.76. The predicted molar refractivity (Wildman–Crippen MR) is 135 cm³/mol. The molecule has 1 heterocycles. The Bertz CT molecular complexity index is 713. The Hall–Kier alpha value is -1.35. The van der Waals surface area contributed by atoms with Gasteiger partial charge in [0.1, 0.15) is 11.4 Å². The van der Waals surface area contributed by atoms with Crippen LogP contribution in [0.5, 0.6) is 0 Å². The summed E-state index contributed by atoms with van der Waals surface area (Å²) in [7, 11) is 0. The van der Waals surface area contributed by atoms with Crippen molar-refractivity contribution in [2.75, 3.05) is 0 Å². The molecular weight excluding hydrogens is 380 g/mol. The molecule has 3 heteroatoms. The molecule has 1 aromatic carbocycles. The Balaban J connectivity index is 1.50. The van der Waals surface area contributed by atoms with Crippen molar-refractivity contribution in [3.05, 3.63) is 30.1 Å². The molecule has 0 bridgehead atoms. The van der Waals surface area contributed by atoms with Gasteiger partial charge in [-0.05, 0) is 32.4 Å². The van der Waals surface area contributed by atoms with Crippen molar-refractivity contribution >= 4 is 11.0 Å². The fourth-order valence-electron chi connectivity index (χ4n) is 4.59. The minimum atomic E-state index is -0.909. The Kier molecular flexibility index (Phi) is 12.3. The average molecular weight is 429 g/mol. The van der Waals surface area contributed by atoms with E-state index in [1.165, 1.54) is 96.3 Å². The zero-order chi connectivity index (χ0) is 22.4. The molecule has 2 aromatic rings. The summed E-state index contributed by atoms with van der Waals surface area (Å²) in [4.78, 5) is 4.69. The molecule has 0 unspecified atom stereocenters. The maximum atomic E-state index is 10.5. The number of rotatable bonds is 18. The van der Waals surface area contributed by atoms with Gasteiger partial charge in [0.25, 0.3) is 0 Å². The fraction of sp³-hybridized carbons (Fsp3) is 0.750. The number of para-hydroxylation sites is 2. The quantitative estimate of drug-likeness (QED) is 0.242. The second-order valence-corrected chi connectivity index (χ2v) is 9.94. The molecule has 2 rings (SSSR count). The van der Waals surface area contributed by atoms with Gasteiger partial charge in [0, 0.05) is 6.54 Å². The first-order valence-corrected chi connectivity index (χ1v) is 13.2. The highest BCUT2D eigenvalue weighted by Gasteiger charge is 2.24. The van der Waals surface area contributed by atoms with Crippen molar-refractivity contribution in [3.63, 3.8) is 0 Å². The van der Waals surface area contributed by atoms with E-state index in [-0.39, 0.29) is 0 Å². The Morgan fingerprint density at radius 3 is 1.65 bits per heavy atom. The largest absolute Gasteiger partial charge is 0.383 e. The number of unbranched alkanes of at least 4 members (excludes halogenated alkanes) is 15. The van der Waals surface area contributed by atoms with Gasteiger partial charge in [-0.3, -0.25) is 0 Å². The van der Waals surface area contributed by atoms with Crippen LogP contribution in [0.2, 0.25) is 0 Å². The molecule has 3 nitrogen and oxygen atoms in total. The van der Waals surface area contributed by atoms with Gasteiger partial charge in [-0.2, -0.15) is 0 Å². The summed E-state index contributed by atoms with van der Waals surface area (Å²) < 4.78 is 2.22. The van der Waals surface area contributed by atoms with E-state index >= 15 is 0 Å². The summed E-state index contributed by atoms with van der Waals surface area (Å²) >= 11 is 0. The van der Waals surface area contributed by atoms with Gasteiger partial charge in [-0.1, -0.05) is 115 Å². The maximum Gasteiger partial charge on any atom is 0.141 e. The fourth-order valence-corrected chi connectivity index (χ4v) is 4.59. The van der Waals surface area contributed by atoms with Crippen LogP contribution in [0.4, 0.5) is 0 Å². The predicted octanol–water partition coefficient (Wildman–Crippen LogP) is 8.53. The average Bonchev–Trinajstić information content (AvgIpc) is 3.13. The van der Waals surface area contributed by atoms with Crippen LogP contribution in [0.3, 0.4) is 0 Å². The lowest BCUT2D eigenvalue weighted by molar-refractivity contribution is 0.0651. The molecule has 0 aliphatic carbocycles. The van der Waals surface area contributed by atoms with Crippen LogP contribution in [0.15, 0.2) is 24.3 Å². The Morgan fingerprint density at radius 1 is 0.710 bits per heavy atom. The van der Waals surface area contributed by atoms with Crippen LogP contribution in [0.25, 0.3) is 11.0 Å². The van der Waals surface area contributed by atoms with Crippen LogP contribution in [0, 0.1) is 0 Å². The van der Waals surface area contributed by atoms with Crippen LogP contribution in [-0.4, -0.2) is 14.7 Å². The zero-order valence-electron chi connectivity index (χ0n) is 20.7. The molecule has 0 radical (unpaired) electrons. The van der Waals surface area contributed by atoms with Gasteiger partial charge in [0.05, 0.1) is 11.0 Å². The van der Waals surface area contributed by atoms with Crippen molar-refractivity contribution in [2.24, 2.45) is 0 Å². The third kappa shape index (κ3) is 9.76. The Morgan fingerprint density at radius 2 is 1.16 bits per heavy atom. The van der Waals surface area contributed by atoms with Crippen LogP contribution >= 0.6 is 0 Å². The smallest absolute Gasteiger partial charge is 0.141 e. The van der Waals surface area contributed by atoms with E-state index in [4.69, 9.17) is 0 Å². The standard InChI is InChI=1S/C28H48N2O/c1-4-5-6-7-8-9-10-11-12-13-14-15-16-17-18-21-24-30-26-23-20-19-22-25(26)29-27(30)28(2,3)31/h19-20,22-23,31H,4-18,21,24H2,1-3H3.